The number of hydrogen-bond donors (Lipinski definition) is 1. The van der Waals surface area contributed by atoms with E-state index in [1.807, 2.05) is 55.3 Å². The van der Waals surface area contributed by atoms with E-state index in [4.69, 9.17) is 4.74 Å². The molecule has 0 aromatic heterocycles. The quantitative estimate of drug-likeness (QED) is 0.759. The van der Waals surface area contributed by atoms with Crippen LogP contribution in [0.5, 0.6) is 5.75 Å². The van der Waals surface area contributed by atoms with Gasteiger partial charge in [-0.25, -0.2) is 0 Å². The van der Waals surface area contributed by atoms with Crippen molar-refractivity contribution in [2.24, 2.45) is 0 Å². The minimum absolute atomic E-state index is 0.0837. The molecule has 3 aromatic rings. The van der Waals surface area contributed by atoms with Crippen LogP contribution in [-0.2, 0) is 4.79 Å². The lowest BCUT2D eigenvalue weighted by molar-refractivity contribution is -0.114. The van der Waals surface area contributed by atoms with Crippen LogP contribution >= 0.6 is 0 Å². The first-order chi connectivity index (χ1) is 12.1. The Bertz CT molecular complexity index is 905. The summed E-state index contributed by atoms with van der Waals surface area (Å²) in [5.74, 6) is 0.576. The molecule has 0 saturated carbocycles. The Morgan fingerprint density at radius 2 is 1.80 bits per heavy atom. The zero-order valence-electron chi connectivity index (χ0n) is 14.7. The molecule has 0 fully saturated rings. The Labute approximate surface area is 148 Å². The number of aryl methyl sites for hydroxylation is 1. The molecule has 1 amide bonds. The highest BCUT2D eigenvalue weighted by molar-refractivity contribution is 5.96. The van der Waals surface area contributed by atoms with Crippen LogP contribution in [0.1, 0.15) is 5.56 Å². The van der Waals surface area contributed by atoms with E-state index in [1.54, 1.807) is 7.11 Å². The van der Waals surface area contributed by atoms with Gasteiger partial charge in [0.2, 0.25) is 5.91 Å². The second-order valence-electron chi connectivity index (χ2n) is 6.14. The fourth-order valence-electron chi connectivity index (χ4n) is 2.83. The van der Waals surface area contributed by atoms with Crippen molar-refractivity contribution >= 4 is 28.1 Å². The molecule has 3 rings (SSSR count). The van der Waals surface area contributed by atoms with Gasteiger partial charge in [0.25, 0.3) is 0 Å². The molecule has 0 radical (unpaired) electrons. The highest BCUT2D eigenvalue weighted by atomic mass is 16.5. The minimum Gasteiger partial charge on any atom is -0.495 e. The number of rotatable bonds is 5. The van der Waals surface area contributed by atoms with Crippen molar-refractivity contribution in [2.75, 3.05) is 30.9 Å². The Hall–Kier alpha value is -3.01. The maximum atomic E-state index is 12.4. The minimum atomic E-state index is -0.0837. The SMILES string of the molecule is COc1ccc(C)cc1NC(=O)CN(C)c1ccc2ccccc2c1. The highest BCUT2D eigenvalue weighted by Gasteiger charge is 2.11. The molecule has 0 bridgehead atoms. The van der Waals surface area contributed by atoms with E-state index in [-0.39, 0.29) is 12.5 Å². The smallest absolute Gasteiger partial charge is 0.243 e. The van der Waals surface area contributed by atoms with Gasteiger partial charge in [0.1, 0.15) is 5.75 Å². The summed E-state index contributed by atoms with van der Waals surface area (Å²) in [6.45, 7) is 2.24. The number of nitrogens with zero attached hydrogens (tertiary/aromatic N) is 1. The molecule has 4 heteroatoms. The molecule has 0 saturated heterocycles. The molecule has 25 heavy (non-hydrogen) atoms. The number of likely N-dealkylation sites (N-methyl/N-ethyl adjacent to an activating group) is 1. The second kappa shape index (κ2) is 7.26. The number of amides is 1. The molecule has 0 aliphatic carbocycles. The van der Waals surface area contributed by atoms with Crippen molar-refractivity contribution < 1.29 is 9.53 Å². The van der Waals surface area contributed by atoms with Crippen molar-refractivity contribution in [3.05, 3.63) is 66.2 Å². The van der Waals surface area contributed by atoms with Crippen LogP contribution < -0.4 is 15.0 Å². The monoisotopic (exact) mass is 334 g/mol. The van der Waals surface area contributed by atoms with Gasteiger partial charge in [0.05, 0.1) is 19.3 Å². The second-order valence-corrected chi connectivity index (χ2v) is 6.14. The van der Waals surface area contributed by atoms with Crippen LogP contribution in [0.3, 0.4) is 0 Å². The van der Waals surface area contributed by atoms with E-state index in [2.05, 4.69) is 29.6 Å². The summed E-state index contributed by atoms with van der Waals surface area (Å²) in [5, 5.41) is 5.28. The van der Waals surface area contributed by atoms with Crippen LogP contribution in [0.4, 0.5) is 11.4 Å². The first kappa shape index (κ1) is 16.8. The van der Waals surface area contributed by atoms with Gasteiger partial charge in [-0.1, -0.05) is 36.4 Å². The van der Waals surface area contributed by atoms with Gasteiger partial charge in [-0.05, 0) is 47.5 Å². The fourth-order valence-corrected chi connectivity index (χ4v) is 2.83. The molecule has 0 heterocycles. The summed E-state index contributed by atoms with van der Waals surface area (Å²) in [6, 6.07) is 20.1. The van der Waals surface area contributed by atoms with E-state index in [0.717, 1.165) is 16.6 Å². The third-order valence-electron chi connectivity index (χ3n) is 4.18. The van der Waals surface area contributed by atoms with E-state index in [1.165, 1.54) is 5.39 Å². The fraction of sp³-hybridized carbons (Fsp3) is 0.190. The summed E-state index contributed by atoms with van der Waals surface area (Å²) >= 11 is 0. The number of fused-ring (bicyclic) bond motifs is 1. The molecule has 3 aromatic carbocycles. The lowest BCUT2D eigenvalue weighted by Gasteiger charge is -2.20. The Morgan fingerprint density at radius 1 is 1.04 bits per heavy atom. The van der Waals surface area contributed by atoms with Crippen LogP contribution in [0.2, 0.25) is 0 Å². The van der Waals surface area contributed by atoms with E-state index in [9.17, 15) is 4.79 Å². The van der Waals surface area contributed by atoms with Crippen molar-refractivity contribution in [3.63, 3.8) is 0 Å². The molecule has 4 nitrogen and oxygen atoms in total. The molecular formula is C21H22N2O2. The van der Waals surface area contributed by atoms with Crippen LogP contribution in [-0.4, -0.2) is 26.6 Å². The van der Waals surface area contributed by atoms with Gasteiger partial charge in [0.15, 0.2) is 0 Å². The summed E-state index contributed by atoms with van der Waals surface area (Å²) in [5.41, 5.74) is 2.77. The van der Waals surface area contributed by atoms with E-state index in [0.29, 0.717) is 11.4 Å². The summed E-state index contributed by atoms with van der Waals surface area (Å²) < 4.78 is 5.31. The van der Waals surface area contributed by atoms with Gasteiger partial charge in [-0.3, -0.25) is 4.79 Å². The summed E-state index contributed by atoms with van der Waals surface area (Å²) in [6.07, 6.45) is 0. The molecule has 0 aliphatic rings. The number of methoxy groups -OCH3 is 1. The van der Waals surface area contributed by atoms with Crippen LogP contribution in [0, 0.1) is 6.92 Å². The molecule has 0 atom stereocenters. The zero-order chi connectivity index (χ0) is 17.8. The molecular weight excluding hydrogens is 312 g/mol. The largest absolute Gasteiger partial charge is 0.495 e. The Kier molecular flexibility index (Phi) is 4.89. The number of benzene rings is 3. The lowest BCUT2D eigenvalue weighted by atomic mass is 10.1. The normalized spacial score (nSPS) is 10.5. The first-order valence-electron chi connectivity index (χ1n) is 8.21. The maximum absolute atomic E-state index is 12.4. The topological polar surface area (TPSA) is 41.6 Å². The molecule has 0 spiro atoms. The van der Waals surface area contributed by atoms with Crippen molar-refractivity contribution in [1.29, 1.82) is 0 Å². The predicted molar refractivity (Wildman–Crippen MR) is 104 cm³/mol. The molecule has 0 unspecified atom stereocenters. The number of nitrogens with one attached hydrogen (secondary N) is 1. The van der Waals surface area contributed by atoms with Crippen molar-refractivity contribution in [2.45, 2.75) is 6.92 Å². The number of carbonyl (C=O) groups is 1. The van der Waals surface area contributed by atoms with Gasteiger partial charge in [-0.2, -0.15) is 0 Å². The van der Waals surface area contributed by atoms with Gasteiger partial charge in [0, 0.05) is 12.7 Å². The van der Waals surface area contributed by atoms with Crippen LogP contribution in [0.25, 0.3) is 10.8 Å². The third kappa shape index (κ3) is 3.91. The van der Waals surface area contributed by atoms with E-state index >= 15 is 0 Å². The maximum Gasteiger partial charge on any atom is 0.243 e. The zero-order valence-corrected chi connectivity index (χ0v) is 14.7. The van der Waals surface area contributed by atoms with Gasteiger partial charge < -0.3 is 15.0 Å². The first-order valence-corrected chi connectivity index (χ1v) is 8.21. The van der Waals surface area contributed by atoms with Crippen molar-refractivity contribution in [1.82, 2.24) is 0 Å². The number of ether oxygens (including phenoxy) is 1. The Morgan fingerprint density at radius 3 is 2.56 bits per heavy atom. The molecule has 0 aliphatic heterocycles. The predicted octanol–water partition coefficient (Wildman–Crippen LogP) is 4.23. The third-order valence-corrected chi connectivity index (χ3v) is 4.18. The van der Waals surface area contributed by atoms with Crippen molar-refractivity contribution in [3.8, 4) is 5.75 Å². The number of anilines is 2. The molecule has 128 valence electrons. The average Bonchev–Trinajstić information content (AvgIpc) is 2.61. The number of carbonyl (C=O) groups excluding carboxylic acids is 1. The summed E-state index contributed by atoms with van der Waals surface area (Å²) in [7, 11) is 3.51. The average molecular weight is 334 g/mol. The lowest BCUT2D eigenvalue weighted by Crippen LogP contribution is -2.30. The van der Waals surface area contributed by atoms with Crippen LogP contribution in [0.15, 0.2) is 60.7 Å². The number of hydrogen-bond acceptors (Lipinski definition) is 3. The Balaban J connectivity index is 1.72. The van der Waals surface area contributed by atoms with Gasteiger partial charge >= 0.3 is 0 Å². The molecule has 1 N–H and O–H groups in total. The van der Waals surface area contributed by atoms with Gasteiger partial charge in [-0.15, -0.1) is 0 Å². The highest BCUT2D eigenvalue weighted by Crippen LogP contribution is 2.25. The van der Waals surface area contributed by atoms with E-state index < -0.39 is 0 Å². The standard InChI is InChI=1S/C21H22N2O2/c1-15-8-11-20(25-3)19(12-15)22-21(24)14-23(2)18-10-9-16-6-4-5-7-17(16)13-18/h4-13H,14H2,1-3H3,(H,22,24). The summed E-state index contributed by atoms with van der Waals surface area (Å²) in [4.78, 5) is 14.4.